The second-order valence-corrected chi connectivity index (χ2v) is 5.46. The van der Waals surface area contributed by atoms with Gasteiger partial charge in [0.1, 0.15) is 5.75 Å². The van der Waals surface area contributed by atoms with Crippen molar-refractivity contribution in [3.05, 3.63) is 54.0 Å². The van der Waals surface area contributed by atoms with Crippen LogP contribution >= 0.6 is 0 Å². The first-order valence-corrected chi connectivity index (χ1v) is 8.44. The number of Topliss-reactive ketones (excluding diaryl/α,β-unsaturated/α-hetero) is 1. The van der Waals surface area contributed by atoms with Crippen molar-refractivity contribution in [1.29, 1.82) is 0 Å². The van der Waals surface area contributed by atoms with E-state index in [1.165, 1.54) is 6.26 Å². The summed E-state index contributed by atoms with van der Waals surface area (Å²) in [5.74, 6) is 0.247. The topological polar surface area (TPSA) is 97.6 Å². The number of hydrogen-bond donors (Lipinski definition) is 2. The fraction of sp³-hybridized carbons (Fsp3) is 0.316. The van der Waals surface area contributed by atoms with Gasteiger partial charge >= 0.3 is 0 Å². The molecule has 26 heavy (non-hydrogen) atoms. The molecule has 0 aliphatic rings. The van der Waals surface area contributed by atoms with Gasteiger partial charge in [0.05, 0.1) is 12.9 Å². The third kappa shape index (κ3) is 6.08. The summed E-state index contributed by atoms with van der Waals surface area (Å²) in [7, 11) is 0. The number of benzene rings is 1. The number of carbonyl (C=O) groups is 3. The first-order chi connectivity index (χ1) is 12.6. The van der Waals surface area contributed by atoms with Gasteiger partial charge in [-0.1, -0.05) is 0 Å². The Morgan fingerprint density at radius 2 is 1.73 bits per heavy atom. The predicted molar refractivity (Wildman–Crippen MR) is 95.2 cm³/mol. The molecule has 2 N–H and O–H groups in total. The molecule has 0 atom stereocenters. The number of ether oxygens (including phenoxy) is 1. The fourth-order valence-electron chi connectivity index (χ4n) is 2.24. The van der Waals surface area contributed by atoms with Crippen molar-refractivity contribution in [3.63, 3.8) is 0 Å². The summed E-state index contributed by atoms with van der Waals surface area (Å²) >= 11 is 0. The summed E-state index contributed by atoms with van der Waals surface area (Å²) in [6.07, 6.45) is 1.63. The molecule has 0 aliphatic heterocycles. The van der Waals surface area contributed by atoms with Gasteiger partial charge in [-0.3, -0.25) is 14.4 Å². The summed E-state index contributed by atoms with van der Waals surface area (Å²) in [5, 5.41) is 5.28. The highest BCUT2D eigenvalue weighted by Gasteiger charge is 2.10. The third-order valence-electron chi connectivity index (χ3n) is 3.54. The molecule has 1 aromatic heterocycles. The Morgan fingerprint density at radius 1 is 1.00 bits per heavy atom. The van der Waals surface area contributed by atoms with E-state index < -0.39 is 0 Å². The first-order valence-electron chi connectivity index (χ1n) is 8.44. The zero-order valence-corrected chi connectivity index (χ0v) is 14.6. The maximum Gasteiger partial charge on any atom is 0.287 e. The molecule has 1 heterocycles. The molecule has 138 valence electrons. The molecular weight excluding hydrogens is 336 g/mol. The Balaban J connectivity index is 1.63. The number of furan rings is 1. The van der Waals surface area contributed by atoms with Crippen molar-refractivity contribution in [2.24, 2.45) is 0 Å². The SMILES string of the molecule is CCOc1ccc(C(=O)CCC(=O)NCCNC(=O)c2ccco2)cc1. The number of ketones is 1. The van der Waals surface area contributed by atoms with Crippen molar-refractivity contribution in [1.82, 2.24) is 10.6 Å². The summed E-state index contributed by atoms with van der Waals surface area (Å²) in [5.41, 5.74) is 0.548. The van der Waals surface area contributed by atoms with Crippen LogP contribution < -0.4 is 15.4 Å². The molecule has 2 aromatic rings. The van der Waals surface area contributed by atoms with Gasteiger partial charge in [0.2, 0.25) is 5.91 Å². The minimum Gasteiger partial charge on any atom is -0.494 e. The van der Waals surface area contributed by atoms with Crippen LogP contribution in [0.15, 0.2) is 47.1 Å². The number of nitrogens with one attached hydrogen (secondary N) is 2. The molecule has 0 saturated carbocycles. The van der Waals surface area contributed by atoms with Crippen LogP contribution in [0.4, 0.5) is 0 Å². The minimum atomic E-state index is -0.338. The van der Waals surface area contributed by atoms with E-state index in [0.29, 0.717) is 17.9 Å². The van der Waals surface area contributed by atoms with Gasteiger partial charge in [-0.15, -0.1) is 0 Å². The fourth-order valence-corrected chi connectivity index (χ4v) is 2.24. The first kappa shape index (κ1) is 19.2. The van der Waals surface area contributed by atoms with Crippen LogP contribution in [0, 0.1) is 0 Å². The van der Waals surface area contributed by atoms with Crippen LogP contribution in [-0.2, 0) is 4.79 Å². The van der Waals surface area contributed by atoms with Gasteiger partial charge < -0.3 is 19.8 Å². The molecule has 0 saturated heterocycles. The summed E-state index contributed by atoms with van der Waals surface area (Å²) in [6.45, 7) is 3.01. The van der Waals surface area contributed by atoms with Gasteiger partial charge in [-0.05, 0) is 43.3 Å². The van der Waals surface area contributed by atoms with Crippen molar-refractivity contribution in [2.75, 3.05) is 19.7 Å². The van der Waals surface area contributed by atoms with Crippen LogP contribution in [0.1, 0.15) is 40.7 Å². The zero-order chi connectivity index (χ0) is 18.8. The number of rotatable bonds is 10. The van der Waals surface area contributed by atoms with E-state index in [1.54, 1.807) is 36.4 Å². The number of amides is 2. The average Bonchev–Trinajstić information content (AvgIpc) is 3.19. The van der Waals surface area contributed by atoms with Crippen molar-refractivity contribution >= 4 is 17.6 Å². The van der Waals surface area contributed by atoms with Gasteiger partial charge in [-0.25, -0.2) is 0 Å². The highest BCUT2D eigenvalue weighted by molar-refractivity contribution is 5.98. The maximum atomic E-state index is 12.1. The molecule has 0 spiro atoms. The summed E-state index contributed by atoms with van der Waals surface area (Å²) in [6, 6.07) is 10.0. The monoisotopic (exact) mass is 358 g/mol. The van der Waals surface area contributed by atoms with Crippen molar-refractivity contribution in [3.8, 4) is 5.75 Å². The van der Waals surface area contributed by atoms with Crippen LogP contribution in [0.3, 0.4) is 0 Å². The van der Waals surface area contributed by atoms with Gasteiger partial charge in [-0.2, -0.15) is 0 Å². The van der Waals surface area contributed by atoms with Crippen molar-refractivity contribution in [2.45, 2.75) is 19.8 Å². The lowest BCUT2D eigenvalue weighted by Gasteiger charge is -2.07. The van der Waals surface area contributed by atoms with Crippen LogP contribution in [0.5, 0.6) is 5.75 Å². The molecular formula is C19H22N2O5. The Hall–Kier alpha value is -3.09. The molecule has 0 fully saturated rings. The molecule has 0 unspecified atom stereocenters. The minimum absolute atomic E-state index is 0.0954. The second kappa shape index (κ2) is 10.0. The van der Waals surface area contributed by atoms with Gasteiger partial charge in [0, 0.05) is 31.5 Å². The van der Waals surface area contributed by atoms with Crippen LogP contribution in [0.2, 0.25) is 0 Å². The molecule has 2 amide bonds. The number of carbonyl (C=O) groups excluding carboxylic acids is 3. The van der Waals surface area contributed by atoms with E-state index in [0.717, 1.165) is 0 Å². The molecule has 7 nitrogen and oxygen atoms in total. The Kier molecular flexibility index (Phi) is 7.42. The third-order valence-corrected chi connectivity index (χ3v) is 3.54. The highest BCUT2D eigenvalue weighted by atomic mass is 16.5. The second-order valence-electron chi connectivity index (χ2n) is 5.46. The molecule has 0 aliphatic carbocycles. The van der Waals surface area contributed by atoms with Crippen LogP contribution in [0.25, 0.3) is 0 Å². The Labute approximate surface area is 151 Å². The summed E-state index contributed by atoms with van der Waals surface area (Å²) in [4.78, 5) is 35.5. The molecule has 0 bridgehead atoms. The quantitative estimate of drug-likeness (QED) is 0.501. The van der Waals surface area contributed by atoms with E-state index >= 15 is 0 Å². The van der Waals surface area contributed by atoms with E-state index in [4.69, 9.17) is 9.15 Å². The molecule has 1 aromatic carbocycles. The normalized spacial score (nSPS) is 10.2. The average molecular weight is 358 g/mol. The standard InChI is InChI=1S/C19H22N2O5/c1-2-25-15-7-5-14(6-8-15)16(22)9-10-18(23)20-11-12-21-19(24)17-4-3-13-26-17/h3-8,13H,2,9-12H2,1H3,(H,20,23)(H,21,24). The largest absolute Gasteiger partial charge is 0.494 e. The van der Waals surface area contributed by atoms with E-state index in [-0.39, 0.29) is 49.3 Å². The lowest BCUT2D eigenvalue weighted by Crippen LogP contribution is -2.34. The van der Waals surface area contributed by atoms with E-state index in [9.17, 15) is 14.4 Å². The highest BCUT2D eigenvalue weighted by Crippen LogP contribution is 2.14. The molecule has 7 heteroatoms. The van der Waals surface area contributed by atoms with Gasteiger partial charge in [0.15, 0.2) is 11.5 Å². The lowest BCUT2D eigenvalue weighted by molar-refractivity contribution is -0.121. The Morgan fingerprint density at radius 3 is 2.38 bits per heavy atom. The van der Waals surface area contributed by atoms with E-state index in [1.807, 2.05) is 6.92 Å². The molecule has 2 rings (SSSR count). The maximum absolute atomic E-state index is 12.1. The van der Waals surface area contributed by atoms with Gasteiger partial charge in [0.25, 0.3) is 5.91 Å². The smallest absolute Gasteiger partial charge is 0.287 e. The predicted octanol–water partition coefficient (Wildman–Crippen LogP) is 2.19. The lowest BCUT2D eigenvalue weighted by atomic mass is 10.1. The van der Waals surface area contributed by atoms with Crippen LogP contribution in [-0.4, -0.2) is 37.3 Å². The van der Waals surface area contributed by atoms with E-state index in [2.05, 4.69) is 10.6 Å². The summed E-state index contributed by atoms with van der Waals surface area (Å²) < 4.78 is 10.3. The molecule has 0 radical (unpaired) electrons. The number of hydrogen-bond acceptors (Lipinski definition) is 5. The zero-order valence-electron chi connectivity index (χ0n) is 14.6. The Bertz CT molecular complexity index is 723. The van der Waals surface area contributed by atoms with Crippen molar-refractivity contribution < 1.29 is 23.5 Å².